The predicted octanol–water partition coefficient (Wildman–Crippen LogP) is 3.68. The van der Waals surface area contributed by atoms with Gasteiger partial charge in [0.25, 0.3) is 0 Å². The lowest BCUT2D eigenvalue weighted by molar-refractivity contribution is -0.129. The second-order valence-corrected chi connectivity index (χ2v) is 7.85. The molecule has 4 rings (SSSR count). The Morgan fingerprint density at radius 2 is 1.90 bits per heavy atom. The summed E-state index contributed by atoms with van der Waals surface area (Å²) in [6.07, 6.45) is 6.87. The number of urea groups is 1. The molecule has 6 heteroatoms. The van der Waals surface area contributed by atoms with E-state index in [1.165, 1.54) is 0 Å². The molecule has 3 amide bonds. The van der Waals surface area contributed by atoms with E-state index in [0.717, 1.165) is 55.7 Å². The Morgan fingerprint density at radius 3 is 2.69 bits per heavy atom. The van der Waals surface area contributed by atoms with E-state index >= 15 is 0 Å². The molecule has 0 radical (unpaired) electrons. The van der Waals surface area contributed by atoms with Crippen LogP contribution in [0.2, 0.25) is 0 Å². The predicted molar refractivity (Wildman–Crippen MR) is 113 cm³/mol. The summed E-state index contributed by atoms with van der Waals surface area (Å²) < 4.78 is 0. The van der Waals surface area contributed by atoms with Crippen molar-refractivity contribution < 1.29 is 9.59 Å². The second kappa shape index (κ2) is 9.07. The standard InChI is InChI=1S/C23H28N4O2/c28-22-11-6-15-27(22)20-9-5-14-26(16-12-20)23(29)25-21-10-2-1-7-18(21)17-19-8-3-4-13-24-19/h1-4,7-8,10,13,20H,5-6,9,11-12,14-17H2,(H,25,29). The third-order valence-electron chi connectivity index (χ3n) is 5.89. The summed E-state index contributed by atoms with van der Waals surface area (Å²) >= 11 is 0. The highest BCUT2D eigenvalue weighted by atomic mass is 16.2. The molecule has 2 fully saturated rings. The van der Waals surface area contributed by atoms with Crippen LogP contribution in [0.25, 0.3) is 0 Å². The number of rotatable bonds is 4. The van der Waals surface area contributed by atoms with Crippen LogP contribution in [0.5, 0.6) is 0 Å². The van der Waals surface area contributed by atoms with Crippen molar-refractivity contribution >= 4 is 17.6 Å². The molecule has 2 aromatic rings. The lowest BCUT2D eigenvalue weighted by atomic mass is 10.1. The molecule has 1 unspecified atom stereocenters. The fourth-order valence-corrected chi connectivity index (χ4v) is 4.34. The number of benzene rings is 1. The number of hydrogen-bond acceptors (Lipinski definition) is 3. The van der Waals surface area contributed by atoms with Crippen LogP contribution in [0.4, 0.5) is 10.5 Å². The molecule has 29 heavy (non-hydrogen) atoms. The molecule has 0 saturated carbocycles. The van der Waals surface area contributed by atoms with Gasteiger partial charge in [0, 0.05) is 56.1 Å². The number of para-hydroxylation sites is 1. The molecule has 6 nitrogen and oxygen atoms in total. The highest BCUT2D eigenvalue weighted by Gasteiger charge is 2.30. The van der Waals surface area contributed by atoms with E-state index in [1.54, 1.807) is 6.20 Å². The van der Waals surface area contributed by atoms with E-state index in [4.69, 9.17) is 0 Å². The maximum absolute atomic E-state index is 12.9. The van der Waals surface area contributed by atoms with Gasteiger partial charge in [-0.15, -0.1) is 0 Å². The number of nitrogens with one attached hydrogen (secondary N) is 1. The van der Waals surface area contributed by atoms with Crippen LogP contribution in [-0.2, 0) is 11.2 Å². The normalized spacial score (nSPS) is 19.9. The summed E-state index contributed by atoms with van der Waals surface area (Å²) in [5.74, 6) is 0.274. The summed E-state index contributed by atoms with van der Waals surface area (Å²) in [5.41, 5.74) is 2.86. The highest BCUT2D eigenvalue weighted by Crippen LogP contribution is 2.23. The third kappa shape index (κ3) is 4.75. The zero-order valence-electron chi connectivity index (χ0n) is 16.7. The van der Waals surface area contributed by atoms with Crippen molar-refractivity contribution in [3.05, 3.63) is 59.9 Å². The van der Waals surface area contributed by atoms with E-state index in [9.17, 15) is 9.59 Å². The van der Waals surface area contributed by atoms with Crippen molar-refractivity contribution in [2.45, 2.75) is 44.6 Å². The average Bonchev–Trinajstić information content (AvgIpc) is 3.01. The Morgan fingerprint density at radius 1 is 1.03 bits per heavy atom. The summed E-state index contributed by atoms with van der Waals surface area (Å²) in [4.78, 5) is 33.3. The monoisotopic (exact) mass is 392 g/mol. The van der Waals surface area contributed by atoms with Gasteiger partial charge in [0.2, 0.25) is 5.91 Å². The van der Waals surface area contributed by atoms with Crippen molar-refractivity contribution in [3.63, 3.8) is 0 Å². The molecule has 1 N–H and O–H groups in total. The average molecular weight is 393 g/mol. The number of carbonyl (C=O) groups excluding carboxylic acids is 2. The minimum absolute atomic E-state index is 0.0631. The summed E-state index contributed by atoms with van der Waals surface area (Å²) in [7, 11) is 0. The number of amides is 3. The number of pyridine rings is 1. The van der Waals surface area contributed by atoms with Gasteiger partial charge in [0.05, 0.1) is 0 Å². The number of likely N-dealkylation sites (tertiary alicyclic amines) is 2. The first-order valence-electron chi connectivity index (χ1n) is 10.5. The fraction of sp³-hybridized carbons (Fsp3) is 0.435. The molecular formula is C23H28N4O2. The first-order chi connectivity index (χ1) is 14.2. The van der Waals surface area contributed by atoms with Gasteiger partial charge in [-0.3, -0.25) is 9.78 Å². The molecule has 1 aromatic heterocycles. The molecular weight excluding hydrogens is 364 g/mol. The molecule has 152 valence electrons. The molecule has 1 atom stereocenters. The van der Waals surface area contributed by atoms with Gasteiger partial charge in [-0.2, -0.15) is 0 Å². The molecule has 2 aliphatic rings. The first kappa shape index (κ1) is 19.4. The Hall–Kier alpha value is -2.89. The minimum atomic E-state index is -0.0631. The number of hydrogen-bond donors (Lipinski definition) is 1. The zero-order valence-corrected chi connectivity index (χ0v) is 16.7. The van der Waals surface area contributed by atoms with Crippen LogP contribution in [0.1, 0.15) is 43.4 Å². The van der Waals surface area contributed by atoms with Gasteiger partial charge in [0.15, 0.2) is 0 Å². The number of anilines is 1. The summed E-state index contributed by atoms with van der Waals surface area (Å²) in [6.45, 7) is 2.28. The van der Waals surface area contributed by atoms with E-state index in [-0.39, 0.29) is 18.0 Å². The molecule has 1 aromatic carbocycles. The molecule has 0 spiro atoms. The van der Waals surface area contributed by atoms with E-state index in [1.807, 2.05) is 52.3 Å². The molecule has 2 aliphatic heterocycles. The Balaban J connectivity index is 1.39. The van der Waals surface area contributed by atoms with Crippen LogP contribution >= 0.6 is 0 Å². The largest absolute Gasteiger partial charge is 0.340 e. The van der Waals surface area contributed by atoms with E-state index < -0.39 is 0 Å². The quantitative estimate of drug-likeness (QED) is 0.863. The summed E-state index contributed by atoms with van der Waals surface area (Å²) in [6, 6.07) is 14.0. The second-order valence-electron chi connectivity index (χ2n) is 7.85. The third-order valence-corrected chi connectivity index (χ3v) is 5.89. The van der Waals surface area contributed by atoms with Crippen molar-refractivity contribution in [1.82, 2.24) is 14.8 Å². The SMILES string of the molecule is O=C(Nc1ccccc1Cc1ccccn1)N1CCCC(N2CCCC2=O)CC1. The van der Waals surface area contributed by atoms with Crippen molar-refractivity contribution in [3.8, 4) is 0 Å². The number of carbonyl (C=O) groups is 2. The molecule has 3 heterocycles. The van der Waals surface area contributed by atoms with Crippen LogP contribution in [0.15, 0.2) is 48.7 Å². The van der Waals surface area contributed by atoms with Crippen LogP contribution < -0.4 is 5.32 Å². The zero-order chi connectivity index (χ0) is 20.1. The maximum atomic E-state index is 12.9. The van der Waals surface area contributed by atoms with Crippen LogP contribution in [-0.4, -0.2) is 52.4 Å². The van der Waals surface area contributed by atoms with Crippen molar-refractivity contribution in [2.75, 3.05) is 25.0 Å². The molecule has 0 bridgehead atoms. The lowest BCUT2D eigenvalue weighted by Crippen LogP contribution is -2.39. The maximum Gasteiger partial charge on any atom is 0.321 e. The smallest absolute Gasteiger partial charge is 0.321 e. The van der Waals surface area contributed by atoms with Crippen LogP contribution in [0, 0.1) is 0 Å². The first-order valence-corrected chi connectivity index (χ1v) is 10.5. The highest BCUT2D eigenvalue weighted by molar-refractivity contribution is 5.90. The number of nitrogens with zero attached hydrogens (tertiary/aromatic N) is 3. The van der Waals surface area contributed by atoms with Crippen molar-refractivity contribution in [1.29, 1.82) is 0 Å². The van der Waals surface area contributed by atoms with Gasteiger partial charge in [-0.1, -0.05) is 24.3 Å². The molecule has 0 aliphatic carbocycles. The fourth-order valence-electron chi connectivity index (χ4n) is 4.34. The van der Waals surface area contributed by atoms with E-state index in [0.29, 0.717) is 19.4 Å². The Labute approximate surface area is 171 Å². The van der Waals surface area contributed by atoms with Gasteiger partial charge in [0.1, 0.15) is 0 Å². The lowest BCUT2D eigenvalue weighted by Gasteiger charge is -2.27. The van der Waals surface area contributed by atoms with E-state index in [2.05, 4.69) is 10.3 Å². The minimum Gasteiger partial charge on any atom is -0.340 e. The van der Waals surface area contributed by atoms with Gasteiger partial charge in [-0.05, 0) is 49.4 Å². The van der Waals surface area contributed by atoms with Gasteiger partial charge in [-0.25, -0.2) is 4.79 Å². The van der Waals surface area contributed by atoms with Gasteiger partial charge < -0.3 is 15.1 Å². The number of aromatic nitrogens is 1. The Kier molecular flexibility index (Phi) is 6.08. The Bertz CT molecular complexity index is 855. The topological polar surface area (TPSA) is 65.5 Å². The van der Waals surface area contributed by atoms with Gasteiger partial charge >= 0.3 is 6.03 Å². The van der Waals surface area contributed by atoms with Crippen LogP contribution in [0.3, 0.4) is 0 Å². The van der Waals surface area contributed by atoms with Crippen molar-refractivity contribution in [2.24, 2.45) is 0 Å². The molecule has 2 saturated heterocycles. The summed E-state index contributed by atoms with van der Waals surface area (Å²) in [5, 5.41) is 3.10.